The van der Waals surface area contributed by atoms with Crippen LogP contribution >= 0.6 is 11.3 Å². The van der Waals surface area contributed by atoms with Crippen LogP contribution in [0.15, 0.2) is 11.3 Å². The number of rotatable bonds is 3. The van der Waals surface area contributed by atoms with Gasteiger partial charge in [0.1, 0.15) is 10.6 Å². The van der Waals surface area contributed by atoms with Crippen LogP contribution in [0.2, 0.25) is 0 Å². The lowest BCUT2D eigenvalue weighted by atomic mass is 10.1. The van der Waals surface area contributed by atoms with Gasteiger partial charge in [-0.05, 0) is 0 Å². The van der Waals surface area contributed by atoms with Crippen LogP contribution in [0.25, 0.3) is 0 Å². The lowest BCUT2D eigenvalue weighted by Crippen LogP contribution is -2.34. The second kappa shape index (κ2) is 5.78. The average molecular weight is 296 g/mol. The second-order valence-electron chi connectivity index (χ2n) is 3.94. The van der Waals surface area contributed by atoms with Crippen molar-refractivity contribution < 1.29 is 19.1 Å². The molecule has 0 aliphatic carbocycles. The number of aromatic nitrogens is 1. The van der Waals surface area contributed by atoms with Gasteiger partial charge in [-0.3, -0.25) is 14.9 Å². The van der Waals surface area contributed by atoms with Crippen LogP contribution in [0.4, 0.5) is 5.13 Å². The van der Waals surface area contributed by atoms with E-state index in [1.165, 1.54) is 20.4 Å². The molecular formula is C11H12N4O4S. The summed E-state index contributed by atoms with van der Waals surface area (Å²) >= 11 is 1.01. The molecule has 0 aromatic carbocycles. The van der Waals surface area contributed by atoms with Gasteiger partial charge in [0, 0.05) is 19.9 Å². The van der Waals surface area contributed by atoms with Crippen LogP contribution in [0.3, 0.4) is 0 Å². The van der Waals surface area contributed by atoms with Gasteiger partial charge in [-0.1, -0.05) is 11.3 Å². The van der Waals surface area contributed by atoms with Gasteiger partial charge in [-0.25, -0.2) is 14.8 Å². The molecule has 1 aliphatic rings. The Morgan fingerprint density at radius 2 is 2.20 bits per heavy atom. The van der Waals surface area contributed by atoms with E-state index in [0.29, 0.717) is 4.88 Å². The van der Waals surface area contributed by atoms with Crippen molar-refractivity contribution >= 4 is 40.0 Å². The topological polar surface area (TPSA) is 101 Å². The van der Waals surface area contributed by atoms with Crippen molar-refractivity contribution in [1.82, 2.24) is 9.99 Å². The van der Waals surface area contributed by atoms with E-state index >= 15 is 0 Å². The summed E-state index contributed by atoms with van der Waals surface area (Å²) in [6.45, 7) is 0. The summed E-state index contributed by atoms with van der Waals surface area (Å²) in [6, 6.07) is 0. The molecule has 2 amide bonds. The highest BCUT2D eigenvalue weighted by molar-refractivity contribution is 7.17. The number of nitrogens with one attached hydrogen (secondary N) is 1. The summed E-state index contributed by atoms with van der Waals surface area (Å²) in [4.78, 5) is 38.7. The number of ether oxygens (including phenoxy) is 1. The van der Waals surface area contributed by atoms with Crippen molar-refractivity contribution in [1.29, 1.82) is 0 Å². The van der Waals surface area contributed by atoms with E-state index in [9.17, 15) is 14.4 Å². The SMILES string of the molecule is COC(=O)c1cnc(NC(=O)C2=NN(C)C(=O)CC2)s1. The number of anilines is 1. The first-order valence-electron chi connectivity index (χ1n) is 5.71. The summed E-state index contributed by atoms with van der Waals surface area (Å²) < 4.78 is 4.55. The molecule has 0 radical (unpaired) electrons. The maximum absolute atomic E-state index is 11.9. The summed E-state index contributed by atoms with van der Waals surface area (Å²) in [5.41, 5.74) is 0.252. The van der Waals surface area contributed by atoms with Gasteiger partial charge < -0.3 is 4.74 Å². The third-order valence-electron chi connectivity index (χ3n) is 2.58. The van der Waals surface area contributed by atoms with Crippen molar-refractivity contribution in [2.45, 2.75) is 12.8 Å². The lowest BCUT2D eigenvalue weighted by Gasteiger charge is -2.18. The van der Waals surface area contributed by atoms with Crippen LogP contribution in [0.5, 0.6) is 0 Å². The van der Waals surface area contributed by atoms with Crippen LogP contribution in [0.1, 0.15) is 22.5 Å². The van der Waals surface area contributed by atoms with Crippen molar-refractivity contribution in [3.63, 3.8) is 0 Å². The summed E-state index contributed by atoms with van der Waals surface area (Å²) in [5.74, 6) is -1.08. The molecule has 0 unspecified atom stereocenters. The van der Waals surface area contributed by atoms with Gasteiger partial charge in [0.2, 0.25) is 5.91 Å². The molecule has 0 saturated heterocycles. The monoisotopic (exact) mass is 296 g/mol. The fourth-order valence-corrected chi connectivity index (χ4v) is 2.26. The first-order chi connectivity index (χ1) is 9.51. The zero-order valence-corrected chi connectivity index (χ0v) is 11.7. The van der Waals surface area contributed by atoms with Gasteiger partial charge in [0.25, 0.3) is 5.91 Å². The minimum Gasteiger partial charge on any atom is -0.465 e. The molecule has 8 nitrogen and oxygen atoms in total. The summed E-state index contributed by atoms with van der Waals surface area (Å²) in [7, 11) is 2.76. The Labute approximate surface area is 118 Å². The number of hydrogen-bond acceptors (Lipinski definition) is 7. The highest BCUT2D eigenvalue weighted by Crippen LogP contribution is 2.19. The molecule has 9 heteroatoms. The smallest absolute Gasteiger partial charge is 0.349 e. The van der Waals surface area contributed by atoms with Crippen molar-refractivity contribution in [2.75, 3.05) is 19.5 Å². The molecule has 2 heterocycles. The summed E-state index contributed by atoms with van der Waals surface area (Å²) in [6.07, 6.45) is 1.85. The minimum atomic E-state index is -0.511. The Morgan fingerprint density at radius 3 is 2.85 bits per heavy atom. The van der Waals surface area contributed by atoms with E-state index in [1.54, 1.807) is 0 Å². The Kier molecular flexibility index (Phi) is 4.08. The van der Waals surface area contributed by atoms with Gasteiger partial charge in [-0.2, -0.15) is 5.10 Å². The van der Waals surface area contributed by atoms with Crippen LogP contribution in [-0.2, 0) is 14.3 Å². The third kappa shape index (κ3) is 2.99. The van der Waals surface area contributed by atoms with Crippen LogP contribution < -0.4 is 5.32 Å². The maximum Gasteiger partial charge on any atom is 0.349 e. The molecule has 0 fully saturated rings. The Hall–Kier alpha value is -2.29. The summed E-state index contributed by atoms with van der Waals surface area (Å²) in [5, 5.41) is 7.84. The quantitative estimate of drug-likeness (QED) is 0.817. The third-order valence-corrected chi connectivity index (χ3v) is 3.47. The molecule has 1 aliphatic heterocycles. The second-order valence-corrected chi connectivity index (χ2v) is 4.97. The van der Waals surface area contributed by atoms with E-state index in [4.69, 9.17) is 0 Å². The molecule has 1 aromatic heterocycles. The molecule has 0 saturated carbocycles. The van der Waals surface area contributed by atoms with Gasteiger partial charge in [-0.15, -0.1) is 0 Å². The molecule has 2 rings (SSSR count). The first kappa shape index (κ1) is 14.1. The highest BCUT2D eigenvalue weighted by Gasteiger charge is 2.23. The molecule has 1 aromatic rings. The number of carbonyl (C=O) groups excluding carboxylic acids is 3. The van der Waals surface area contributed by atoms with E-state index < -0.39 is 11.9 Å². The Bertz CT molecular complexity index is 595. The van der Waals surface area contributed by atoms with Gasteiger partial charge in [0.05, 0.1) is 13.3 Å². The fourth-order valence-electron chi connectivity index (χ4n) is 1.53. The average Bonchev–Trinajstić information content (AvgIpc) is 2.89. The predicted molar refractivity (Wildman–Crippen MR) is 71.5 cm³/mol. The number of nitrogens with zero attached hydrogens (tertiary/aromatic N) is 3. The number of thiazole rings is 1. The van der Waals surface area contributed by atoms with Gasteiger partial charge >= 0.3 is 5.97 Å². The zero-order chi connectivity index (χ0) is 14.7. The van der Waals surface area contributed by atoms with Crippen molar-refractivity contribution in [3.8, 4) is 0 Å². The van der Waals surface area contributed by atoms with Crippen LogP contribution in [-0.4, -0.2) is 47.6 Å². The first-order valence-corrected chi connectivity index (χ1v) is 6.52. The number of hydrazone groups is 1. The minimum absolute atomic E-state index is 0.135. The number of esters is 1. The highest BCUT2D eigenvalue weighted by atomic mass is 32.1. The van der Waals surface area contributed by atoms with E-state index in [2.05, 4.69) is 20.1 Å². The van der Waals surface area contributed by atoms with E-state index in [1.807, 2.05) is 0 Å². The number of amides is 2. The molecule has 0 spiro atoms. The predicted octanol–water partition coefficient (Wildman–Crippen LogP) is 0.476. The van der Waals surface area contributed by atoms with Crippen molar-refractivity contribution in [3.05, 3.63) is 11.1 Å². The van der Waals surface area contributed by atoms with E-state index in [-0.39, 0.29) is 29.6 Å². The Morgan fingerprint density at radius 1 is 1.45 bits per heavy atom. The largest absolute Gasteiger partial charge is 0.465 e. The van der Waals surface area contributed by atoms with Gasteiger partial charge in [0.15, 0.2) is 5.13 Å². The zero-order valence-electron chi connectivity index (χ0n) is 10.9. The fraction of sp³-hybridized carbons (Fsp3) is 0.364. The number of methoxy groups -OCH3 is 1. The standard InChI is InChI=1S/C11H12N4O4S/c1-15-8(16)4-3-6(14-15)9(17)13-11-12-5-7(20-11)10(18)19-2/h5H,3-4H2,1-2H3,(H,12,13,17). The molecule has 0 atom stereocenters. The number of hydrogen-bond donors (Lipinski definition) is 1. The van der Waals surface area contributed by atoms with E-state index in [0.717, 1.165) is 16.3 Å². The van der Waals surface area contributed by atoms with Crippen molar-refractivity contribution in [2.24, 2.45) is 5.10 Å². The molecular weight excluding hydrogens is 284 g/mol. The Balaban J connectivity index is 2.05. The molecule has 0 bridgehead atoms. The van der Waals surface area contributed by atoms with Crippen LogP contribution in [0, 0.1) is 0 Å². The number of carbonyl (C=O) groups is 3. The lowest BCUT2D eigenvalue weighted by molar-refractivity contribution is -0.130. The molecule has 1 N–H and O–H groups in total. The molecule has 20 heavy (non-hydrogen) atoms. The molecule has 106 valence electrons. The normalized spacial score (nSPS) is 14.8. The maximum atomic E-state index is 11.9.